The molecule has 8 heteroatoms. The zero-order valence-electron chi connectivity index (χ0n) is 8.72. The van der Waals surface area contributed by atoms with E-state index in [1.165, 1.54) is 0 Å². The fourth-order valence-corrected chi connectivity index (χ4v) is 2.04. The SMILES string of the molecule is OC(O)(c1nnc(-c2ccccc2)s1)C(F)(F)F. The highest BCUT2D eigenvalue weighted by Gasteiger charge is 2.57. The Morgan fingerprint density at radius 2 is 1.61 bits per heavy atom. The Bertz CT molecular complexity index is 540. The molecule has 2 N–H and O–H groups in total. The van der Waals surface area contributed by atoms with E-state index in [0.29, 0.717) is 16.9 Å². The zero-order chi connectivity index (χ0) is 13.4. The standard InChI is InChI=1S/C10H7F3N2O2S/c11-10(12,13)9(16,17)8-15-14-7(18-8)6-4-2-1-3-5-6/h1-5,16-17H. The van der Waals surface area contributed by atoms with Crippen molar-refractivity contribution in [3.8, 4) is 10.6 Å². The zero-order valence-corrected chi connectivity index (χ0v) is 9.53. The summed E-state index contributed by atoms with van der Waals surface area (Å²) in [7, 11) is 0. The molecule has 96 valence electrons. The van der Waals surface area contributed by atoms with Crippen molar-refractivity contribution < 1.29 is 23.4 Å². The lowest BCUT2D eigenvalue weighted by Gasteiger charge is -2.20. The molecule has 2 rings (SSSR count). The normalized spacial score (nSPS) is 12.7. The van der Waals surface area contributed by atoms with Gasteiger partial charge in [-0.1, -0.05) is 41.7 Å². The molecule has 0 bridgehead atoms. The Hall–Kier alpha value is -1.51. The monoisotopic (exact) mass is 276 g/mol. The van der Waals surface area contributed by atoms with Crippen molar-refractivity contribution in [3.05, 3.63) is 35.3 Å². The summed E-state index contributed by atoms with van der Waals surface area (Å²) in [6.07, 6.45) is -5.22. The van der Waals surface area contributed by atoms with Gasteiger partial charge < -0.3 is 10.2 Å². The smallest absolute Gasteiger partial charge is 0.353 e. The van der Waals surface area contributed by atoms with Crippen LogP contribution >= 0.6 is 11.3 Å². The number of alkyl halides is 3. The van der Waals surface area contributed by atoms with Gasteiger partial charge in [-0.25, -0.2) is 0 Å². The van der Waals surface area contributed by atoms with Gasteiger partial charge in [-0.15, -0.1) is 10.2 Å². The van der Waals surface area contributed by atoms with E-state index in [4.69, 9.17) is 10.2 Å². The molecule has 0 fully saturated rings. The van der Waals surface area contributed by atoms with Gasteiger partial charge in [0.05, 0.1) is 0 Å². The van der Waals surface area contributed by atoms with E-state index in [1.54, 1.807) is 30.3 Å². The fourth-order valence-electron chi connectivity index (χ4n) is 1.18. The first-order valence-electron chi connectivity index (χ1n) is 4.73. The molecule has 0 aliphatic carbocycles. The van der Waals surface area contributed by atoms with Crippen LogP contribution < -0.4 is 0 Å². The summed E-state index contributed by atoms with van der Waals surface area (Å²) in [5.41, 5.74) is 0.555. The summed E-state index contributed by atoms with van der Waals surface area (Å²) < 4.78 is 37.1. The lowest BCUT2D eigenvalue weighted by atomic mass is 10.2. The molecule has 0 atom stereocenters. The molecular formula is C10H7F3N2O2S. The summed E-state index contributed by atoms with van der Waals surface area (Å²) in [6.45, 7) is 0. The van der Waals surface area contributed by atoms with Crippen LogP contribution in [0.1, 0.15) is 5.01 Å². The van der Waals surface area contributed by atoms with Gasteiger partial charge in [-0.2, -0.15) is 13.2 Å². The van der Waals surface area contributed by atoms with E-state index in [1.807, 2.05) is 0 Å². The third-order valence-electron chi connectivity index (χ3n) is 2.14. The molecular weight excluding hydrogens is 269 g/mol. The molecule has 1 heterocycles. The minimum atomic E-state index is -5.22. The average molecular weight is 276 g/mol. The summed E-state index contributed by atoms with van der Waals surface area (Å²) in [6, 6.07) is 8.38. The number of rotatable bonds is 2. The van der Waals surface area contributed by atoms with Crippen molar-refractivity contribution in [3.63, 3.8) is 0 Å². The second kappa shape index (κ2) is 4.30. The highest BCUT2D eigenvalue weighted by atomic mass is 32.1. The Kier molecular flexibility index (Phi) is 3.09. The summed E-state index contributed by atoms with van der Waals surface area (Å²) >= 11 is 0.478. The largest absolute Gasteiger partial charge is 0.450 e. The average Bonchev–Trinajstić information content (AvgIpc) is 2.78. The Labute approximate surface area is 103 Å². The van der Waals surface area contributed by atoms with Gasteiger partial charge in [0, 0.05) is 5.56 Å². The summed E-state index contributed by atoms with van der Waals surface area (Å²) in [5.74, 6) is -3.97. The molecule has 0 saturated heterocycles. The Morgan fingerprint density at radius 3 is 2.17 bits per heavy atom. The number of halogens is 3. The van der Waals surface area contributed by atoms with Gasteiger partial charge in [-0.3, -0.25) is 0 Å². The maximum Gasteiger partial charge on any atom is 0.450 e. The third-order valence-corrected chi connectivity index (χ3v) is 3.21. The van der Waals surface area contributed by atoms with Gasteiger partial charge in [-0.05, 0) is 0 Å². The minimum Gasteiger partial charge on any atom is -0.353 e. The van der Waals surface area contributed by atoms with Crippen LogP contribution in [0.2, 0.25) is 0 Å². The van der Waals surface area contributed by atoms with Crippen molar-refractivity contribution in [1.29, 1.82) is 0 Å². The lowest BCUT2D eigenvalue weighted by molar-refractivity contribution is -0.358. The van der Waals surface area contributed by atoms with Crippen molar-refractivity contribution >= 4 is 11.3 Å². The topological polar surface area (TPSA) is 66.2 Å². The number of aromatic nitrogens is 2. The molecule has 1 aromatic heterocycles. The van der Waals surface area contributed by atoms with Crippen molar-refractivity contribution in [2.24, 2.45) is 0 Å². The van der Waals surface area contributed by atoms with Crippen molar-refractivity contribution in [2.45, 2.75) is 12.0 Å². The van der Waals surface area contributed by atoms with Crippen LogP contribution in [0.3, 0.4) is 0 Å². The molecule has 4 nitrogen and oxygen atoms in total. The van der Waals surface area contributed by atoms with Crippen LogP contribution in [0.15, 0.2) is 30.3 Å². The number of hydrogen-bond donors (Lipinski definition) is 2. The molecule has 0 unspecified atom stereocenters. The van der Waals surface area contributed by atoms with Gasteiger partial charge in [0.2, 0.25) is 0 Å². The second-order valence-electron chi connectivity index (χ2n) is 3.45. The van der Waals surface area contributed by atoms with E-state index in [-0.39, 0.29) is 5.01 Å². The lowest BCUT2D eigenvalue weighted by Crippen LogP contribution is -2.41. The van der Waals surface area contributed by atoms with Gasteiger partial charge >= 0.3 is 12.0 Å². The van der Waals surface area contributed by atoms with Crippen molar-refractivity contribution in [2.75, 3.05) is 0 Å². The number of hydrogen-bond acceptors (Lipinski definition) is 5. The van der Waals surface area contributed by atoms with E-state index < -0.39 is 17.0 Å². The molecule has 0 aliphatic rings. The predicted molar refractivity (Wildman–Crippen MR) is 57.5 cm³/mol. The first-order valence-corrected chi connectivity index (χ1v) is 5.55. The molecule has 2 aromatic rings. The van der Waals surface area contributed by atoms with Crippen molar-refractivity contribution in [1.82, 2.24) is 10.2 Å². The number of nitrogens with zero attached hydrogens (tertiary/aromatic N) is 2. The molecule has 0 aliphatic heterocycles. The summed E-state index contributed by atoms with van der Waals surface area (Å²) in [4.78, 5) is 0. The van der Waals surface area contributed by atoms with E-state index in [9.17, 15) is 13.2 Å². The highest BCUT2D eigenvalue weighted by molar-refractivity contribution is 7.14. The molecule has 1 aromatic carbocycles. The molecule has 18 heavy (non-hydrogen) atoms. The van der Waals surface area contributed by atoms with E-state index >= 15 is 0 Å². The maximum absolute atomic E-state index is 12.4. The number of benzene rings is 1. The van der Waals surface area contributed by atoms with E-state index in [0.717, 1.165) is 0 Å². The van der Waals surface area contributed by atoms with Gasteiger partial charge in [0.15, 0.2) is 5.01 Å². The molecule has 0 amide bonds. The quantitative estimate of drug-likeness (QED) is 0.822. The molecule has 0 spiro atoms. The Balaban J connectivity index is 2.38. The van der Waals surface area contributed by atoms with Crippen LogP contribution in [0.5, 0.6) is 0 Å². The van der Waals surface area contributed by atoms with Crippen LogP contribution in [-0.4, -0.2) is 26.6 Å². The molecule has 0 saturated carbocycles. The fraction of sp³-hybridized carbons (Fsp3) is 0.200. The minimum absolute atomic E-state index is 0.183. The Morgan fingerprint density at radius 1 is 1.00 bits per heavy atom. The van der Waals surface area contributed by atoms with Crippen LogP contribution in [-0.2, 0) is 5.79 Å². The van der Waals surface area contributed by atoms with Crippen LogP contribution in [0.25, 0.3) is 10.6 Å². The van der Waals surface area contributed by atoms with E-state index in [2.05, 4.69) is 10.2 Å². The van der Waals surface area contributed by atoms with Crippen LogP contribution in [0.4, 0.5) is 13.2 Å². The first-order chi connectivity index (χ1) is 8.32. The highest BCUT2D eigenvalue weighted by Crippen LogP contribution is 2.39. The van der Waals surface area contributed by atoms with Gasteiger partial charge in [0.25, 0.3) is 0 Å². The predicted octanol–water partition coefficient (Wildman–Crippen LogP) is 1.90. The first kappa shape index (κ1) is 12.9. The third kappa shape index (κ3) is 2.22. The second-order valence-corrected chi connectivity index (χ2v) is 4.43. The van der Waals surface area contributed by atoms with Gasteiger partial charge in [0.1, 0.15) is 5.01 Å². The number of aliphatic hydroxyl groups is 2. The summed E-state index contributed by atoms with van der Waals surface area (Å²) in [5, 5.41) is 24.0. The maximum atomic E-state index is 12.4. The van der Waals surface area contributed by atoms with Crippen LogP contribution in [0, 0.1) is 0 Å². The molecule has 0 radical (unpaired) electrons.